The molecule has 0 aromatic carbocycles. The van der Waals surface area contributed by atoms with Crippen molar-refractivity contribution in [3.8, 4) is 0 Å². The SMILES string of the molecule is C=C(COCCCCCCCC)c1ccco1. The molecule has 0 unspecified atom stereocenters. The van der Waals surface area contributed by atoms with Crippen LogP contribution < -0.4 is 0 Å². The van der Waals surface area contributed by atoms with Crippen LogP contribution in [0.25, 0.3) is 5.57 Å². The molecule has 0 aliphatic heterocycles. The molecule has 0 atom stereocenters. The fourth-order valence-electron chi connectivity index (χ4n) is 1.73. The van der Waals surface area contributed by atoms with Crippen molar-refractivity contribution in [3.63, 3.8) is 0 Å². The topological polar surface area (TPSA) is 22.4 Å². The summed E-state index contributed by atoms with van der Waals surface area (Å²) in [7, 11) is 0. The fraction of sp³-hybridized carbons (Fsp3) is 0.600. The molecule has 0 bridgehead atoms. The van der Waals surface area contributed by atoms with Gasteiger partial charge in [0.1, 0.15) is 5.76 Å². The summed E-state index contributed by atoms with van der Waals surface area (Å²) >= 11 is 0. The Bertz CT molecular complexity index is 288. The highest BCUT2D eigenvalue weighted by Crippen LogP contribution is 2.13. The van der Waals surface area contributed by atoms with E-state index in [9.17, 15) is 0 Å². The van der Waals surface area contributed by atoms with Gasteiger partial charge < -0.3 is 9.15 Å². The fourth-order valence-corrected chi connectivity index (χ4v) is 1.73. The van der Waals surface area contributed by atoms with Gasteiger partial charge in [0, 0.05) is 12.2 Å². The monoisotopic (exact) mass is 236 g/mol. The van der Waals surface area contributed by atoms with Gasteiger partial charge in [-0.2, -0.15) is 0 Å². The van der Waals surface area contributed by atoms with Crippen LogP contribution in [0.1, 0.15) is 51.2 Å². The predicted octanol–water partition coefficient (Wildman–Crippen LogP) is 4.67. The van der Waals surface area contributed by atoms with Crippen LogP contribution in [0.3, 0.4) is 0 Å². The van der Waals surface area contributed by atoms with Crippen LogP contribution in [0, 0.1) is 0 Å². The minimum absolute atomic E-state index is 0.572. The van der Waals surface area contributed by atoms with Gasteiger partial charge in [-0.05, 0) is 18.6 Å². The number of rotatable bonds is 10. The second-order valence-electron chi connectivity index (χ2n) is 4.40. The lowest BCUT2D eigenvalue weighted by Crippen LogP contribution is -1.98. The minimum atomic E-state index is 0.572. The highest BCUT2D eigenvalue weighted by Gasteiger charge is 2.01. The Morgan fingerprint density at radius 3 is 2.71 bits per heavy atom. The molecule has 1 rings (SSSR count). The summed E-state index contributed by atoms with van der Waals surface area (Å²) in [6, 6.07) is 3.78. The maximum atomic E-state index is 5.57. The van der Waals surface area contributed by atoms with Crippen molar-refractivity contribution in [2.45, 2.75) is 45.4 Å². The van der Waals surface area contributed by atoms with Crippen molar-refractivity contribution >= 4 is 5.57 Å². The second kappa shape index (κ2) is 9.06. The van der Waals surface area contributed by atoms with Crippen LogP contribution in [0.15, 0.2) is 29.4 Å². The molecule has 0 spiro atoms. The molecule has 0 saturated carbocycles. The van der Waals surface area contributed by atoms with Crippen molar-refractivity contribution in [1.29, 1.82) is 0 Å². The van der Waals surface area contributed by atoms with E-state index in [1.165, 1.54) is 32.1 Å². The third-order valence-corrected chi connectivity index (χ3v) is 2.79. The Morgan fingerprint density at radius 1 is 1.24 bits per heavy atom. The van der Waals surface area contributed by atoms with Crippen molar-refractivity contribution in [2.24, 2.45) is 0 Å². The molecule has 0 fully saturated rings. The van der Waals surface area contributed by atoms with E-state index in [0.717, 1.165) is 24.4 Å². The average Bonchev–Trinajstić information content (AvgIpc) is 2.86. The Kier molecular flexibility index (Phi) is 7.48. The quantitative estimate of drug-likeness (QED) is 0.551. The molecule has 1 aromatic heterocycles. The molecule has 2 heteroatoms. The molecule has 1 heterocycles. The maximum absolute atomic E-state index is 5.57. The van der Waals surface area contributed by atoms with Gasteiger partial charge in [-0.25, -0.2) is 0 Å². The Morgan fingerprint density at radius 2 is 2.00 bits per heavy atom. The summed E-state index contributed by atoms with van der Waals surface area (Å²) in [4.78, 5) is 0. The molecule has 0 saturated heterocycles. The van der Waals surface area contributed by atoms with Crippen molar-refractivity contribution < 1.29 is 9.15 Å². The van der Waals surface area contributed by atoms with Gasteiger partial charge in [0.2, 0.25) is 0 Å². The van der Waals surface area contributed by atoms with Crippen molar-refractivity contribution in [3.05, 3.63) is 30.7 Å². The average molecular weight is 236 g/mol. The van der Waals surface area contributed by atoms with Crippen LogP contribution in [0.2, 0.25) is 0 Å². The van der Waals surface area contributed by atoms with Crippen LogP contribution in [-0.4, -0.2) is 13.2 Å². The summed E-state index contributed by atoms with van der Waals surface area (Å²) < 4.78 is 10.8. The standard InChI is InChI=1S/C15H24O2/c1-3-4-5-6-7-8-11-16-13-14(2)15-10-9-12-17-15/h9-10,12H,2-8,11,13H2,1H3. The summed E-state index contributed by atoms with van der Waals surface area (Å²) in [6.07, 6.45) is 9.43. The zero-order chi connectivity index (χ0) is 12.3. The molecule has 0 amide bonds. The first-order valence-electron chi connectivity index (χ1n) is 6.64. The lowest BCUT2D eigenvalue weighted by Gasteiger charge is -2.05. The Hall–Kier alpha value is -1.02. The van der Waals surface area contributed by atoms with E-state index in [-0.39, 0.29) is 0 Å². The van der Waals surface area contributed by atoms with E-state index in [1.807, 2.05) is 12.1 Å². The molecule has 0 N–H and O–H groups in total. The lowest BCUT2D eigenvalue weighted by atomic mass is 10.1. The van der Waals surface area contributed by atoms with E-state index >= 15 is 0 Å². The maximum Gasteiger partial charge on any atom is 0.131 e. The van der Waals surface area contributed by atoms with E-state index < -0.39 is 0 Å². The van der Waals surface area contributed by atoms with Gasteiger partial charge >= 0.3 is 0 Å². The summed E-state index contributed by atoms with van der Waals surface area (Å²) in [5, 5.41) is 0. The van der Waals surface area contributed by atoms with Crippen molar-refractivity contribution in [2.75, 3.05) is 13.2 Å². The number of furan rings is 1. The van der Waals surface area contributed by atoms with E-state index in [2.05, 4.69) is 13.5 Å². The number of ether oxygens (including phenoxy) is 1. The summed E-state index contributed by atoms with van der Waals surface area (Å²) in [6.45, 7) is 7.57. The van der Waals surface area contributed by atoms with Crippen molar-refractivity contribution in [1.82, 2.24) is 0 Å². The smallest absolute Gasteiger partial charge is 0.131 e. The van der Waals surface area contributed by atoms with Gasteiger partial charge in [-0.3, -0.25) is 0 Å². The third kappa shape index (κ3) is 6.32. The molecular weight excluding hydrogens is 212 g/mol. The first-order chi connectivity index (χ1) is 8.34. The largest absolute Gasteiger partial charge is 0.465 e. The number of unbranched alkanes of at least 4 members (excludes halogenated alkanes) is 5. The highest BCUT2D eigenvalue weighted by atomic mass is 16.5. The minimum Gasteiger partial charge on any atom is -0.465 e. The molecule has 0 aliphatic rings. The Labute approximate surface area is 105 Å². The normalized spacial score (nSPS) is 10.6. The molecule has 2 nitrogen and oxygen atoms in total. The van der Waals surface area contributed by atoms with Gasteiger partial charge in [0.25, 0.3) is 0 Å². The first kappa shape index (κ1) is 14.0. The van der Waals surface area contributed by atoms with Crippen LogP contribution in [-0.2, 0) is 4.74 Å². The van der Waals surface area contributed by atoms with Crippen LogP contribution >= 0.6 is 0 Å². The zero-order valence-electron chi connectivity index (χ0n) is 10.9. The van der Waals surface area contributed by atoms with Crippen LogP contribution in [0.4, 0.5) is 0 Å². The highest BCUT2D eigenvalue weighted by molar-refractivity contribution is 5.59. The summed E-state index contributed by atoms with van der Waals surface area (Å²) in [5.41, 5.74) is 0.918. The third-order valence-electron chi connectivity index (χ3n) is 2.79. The van der Waals surface area contributed by atoms with E-state index in [1.54, 1.807) is 6.26 Å². The Balaban J connectivity index is 1.92. The number of hydrogen-bond donors (Lipinski definition) is 0. The number of hydrogen-bond acceptors (Lipinski definition) is 2. The predicted molar refractivity (Wildman–Crippen MR) is 71.9 cm³/mol. The zero-order valence-corrected chi connectivity index (χ0v) is 10.9. The molecule has 0 radical (unpaired) electrons. The second-order valence-corrected chi connectivity index (χ2v) is 4.40. The summed E-state index contributed by atoms with van der Waals surface area (Å²) in [5.74, 6) is 0.827. The van der Waals surface area contributed by atoms with E-state index in [4.69, 9.17) is 9.15 Å². The van der Waals surface area contributed by atoms with Crippen LogP contribution in [0.5, 0.6) is 0 Å². The first-order valence-corrected chi connectivity index (χ1v) is 6.64. The van der Waals surface area contributed by atoms with Gasteiger partial charge in [-0.15, -0.1) is 0 Å². The lowest BCUT2D eigenvalue weighted by molar-refractivity contribution is 0.161. The van der Waals surface area contributed by atoms with Gasteiger partial charge in [0.15, 0.2) is 0 Å². The van der Waals surface area contributed by atoms with E-state index in [0.29, 0.717) is 6.61 Å². The molecule has 1 aromatic rings. The molecule has 96 valence electrons. The van der Waals surface area contributed by atoms with Gasteiger partial charge in [0.05, 0.1) is 12.9 Å². The molecule has 17 heavy (non-hydrogen) atoms. The molecule has 0 aliphatic carbocycles. The van der Waals surface area contributed by atoms with Gasteiger partial charge in [-0.1, -0.05) is 45.6 Å². The molecular formula is C15H24O2.